The highest BCUT2D eigenvalue weighted by Gasteiger charge is 2.02. The van der Waals surface area contributed by atoms with Crippen LogP contribution in [0.1, 0.15) is 12.5 Å². The van der Waals surface area contributed by atoms with Gasteiger partial charge in [0.15, 0.2) is 0 Å². The number of hydrogen-bond donors (Lipinski definition) is 0. The molecule has 0 fully saturated rings. The first kappa shape index (κ1) is 12.4. The van der Waals surface area contributed by atoms with Crippen molar-refractivity contribution in [2.45, 2.75) is 6.92 Å². The third-order valence-electron chi connectivity index (χ3n) is 1.58. The topological polar surface area (TPSA) is 43.4 Å². The minimum Gasteiger partial charge on any atom is -0.267 e. The fourth-order valence-electron chi connectivity index (χ4n) is 0.939. The Morgan fingerprint density at radius 1 is 1.33 bits per heavy atom. The van der Waals surface area contributed by atoms with Gasteiger partial charge in [0.25, 0.3) is 10.1 Å². The zero-order chi connectivity index (χ0) is 11.3. The molecule has 1 aromatic rings. The monoisotopic (exact) mass is 290 g/mol. The summed E-state index contributed by atoms with van der Waals surface area (Å²) >= 11 is 3.29. The van der Waals surface area contributed by atoms with Gasteiger partial charge < -0.3 is 0 Å². The van der Waals surface area contributed by atoms with Crippen molar-refractivity contribution in [3.63, 3.8) is 0 Å². The van der Waals surface area contributed by atoms with E-state index in [1.165, 1.54) is 6.08 Å². The van der Waals surface area contributed by atoms with Crippen molar-refractivity contribution in [2.24, 2.45) is 0 Å². The quantitative estimate of drug-likeness (QED) is 0.801. The van der Waals surface area contributed by atoms with E-state index >= 15 is 0 Å². The molecular weight excluding hydrogens is 280 g/mol. The lowest BCUT2D eigenvalue weighted by molar-refractivity contribution is 0.345. The predicted octanol–water partition coefficient (Wildman–Crippen LogP) is 2.79. The van der Waals surface area contributed by atoms with Crippen LogP contribution in [0.25, 0.3) is 6.08 Å². The zero-order valence-corrected chi connectivity index (χ0v) is 10.6. The lowest BCUT2D eigenvalue weighted by Crippen LogP contribution is -2.00. The molecule has 0 aliphatic carbocycles. The molecule has 5 heteroatoms. The molecule has 0 atom stereocenters. The Hall–Kier alpha value is -0.650. The molecule has 0 heterocycles. The van der Waals surface area contributed by atoms with Gasteiger partial charge in [0.05, 0.1) is 12.0 Å². The van der Waals surface area contributed by atoms with Crippen molar-refractivity contribution in [3.05, 3.63) is 39.7 Å². The molecule has 0 aliphatic rings. The minimum atomic E-state index is -3.53. The Morgan fingerprint density at radius 3 is 2.47 bits per heavy atom. The van der Waals surface area contributed by atoms with Gasteiger partial charge in [-0.25, -0.2) is 0 Å². The van der Waals surface area contributed by atoms with Crippen molar-refractivity contribution in [1.82, 2.24) is 0 Å². The van der Waals surface area contributed by atoms with Crippen LogP contribution in [0.5, 0.6) is 0 Å². The van der Waals surface area contributed by atoms with Crippen molar-refractivity contribution in [3.8, 4) is 0 Å². The molecule has 0 aromatic heterocycles. The molecule has 0 N–H and O–H groups in total. The van der Waals surface area contributed by atoms with E-state index in [4.69, 9.17) is 0 Å². The molecule has 0 saturated carbocycles. The Balaban J connectivity index is 2.78. The van der Waals surface area contributed by atoms with Crippen LogP contribution in [0, 0.1) is 0 Å². The summed E-state index contributed by atoms with van der Waals surface area (Å²) in [6.45, 7) is 1.78. The maximum Gasteiger partial charge on any atom is 0.290 e. The molecule has 15 heavy (non-hydrogen) atoms. The summed E-state index contributed by atoms with van der Waals surface area (Å²) < 4.78 is 27.8. The number of hydrogen-bond acceptors (Lipinski definition) is 3. The van der Waals surface area contributed by atoms with Gasteiger partial charge in [-0.1, -0.05) is 28.1 Å². The molecule has 0 unspecified atom stereocenters. The van der Waals surface area contributed by atoms with E-state index in [2.05, 4.69) is 20.1 Å². The SMILES string of the molecule is CCOS(=O)(=O)/C=C/c1ccc(Br)cc1. The lowest BCUT2D eigenvalue weighted by atomic mass is 10.2. The molecule has 0 radical (unpaired) electrons. The van der Waals surface area contributed by atoms with E-state index in [1.807, 2.05) is 24.3 Å². The molecule has 82 valence electrons. The summed E-state index contributed by atoms with van der Waals surface area (Å²) in [5.41, 5.74) is 0.807. The first-order valence-corrected chi connectivity index (χ1v) is 6.63. The van der Waals surface area contributed by atoms with Crippen LogP contribution in [-0.4, -0.2) is 15.0 Å². The summed E-state index contributed by atoms with van der Waals surface area (Å²) in [7, 11) is -3.53. The van der Waals surface area contributed by atoms with Crippen molar-refractivity contribution in [1.29, 1.82) is 0 Å². The summed E-state index contributed by atoms with van der Waals surface area (Å²) in [4.78, 5) is 0. The summed E-state index contributed by atoms with van der Waals surface area (Å²) in [5.74, 6) is 0. The largest absolute Gasteiger partial charge is 0.290 e. The van der Waals surface area contributed by atoms with Crippen LogP contribution in [0.4, 0.5) is 0 Å². The molecule has 0 spiro atoms. The maximum absolute atomic E-state index is 11.2. The van der Waals surface area contributed by atoms with Gasteiger partial charge in [-0.15, -0.1) is 0 Å². The second kappa shape index (κ2) is 5.44. The standard InChI is InChI=1S/C10H11BrO3S/c1-2-14-15(12,13)8-7-9-3-5-10(11)6-4-9/h3-8H,2H2,1H3/b8-7+. The highest BCUT2D eigenvalue weighted by molar-refractivity contribution is 9.10. The third-order valence-corrected chi connectivity index (χ3v) is 3.14. The number of halogens is 1. The van der Waals surface area contributed by atoms with Crippen LogP contribution >= 0.6 is 15.9 Å². The van der Waals surface area contributed by atoms with Crippen molar-refractivity contribution < 1.29 is 12.6 Å². The Kier molecular flexibility index (Phi) is 4.50. The third kappa shape index (κ3) is 4.59. The van der Waals surface area contributed by atoms with Gasteiger partial charge in [0, 0.05) is 4.47 Å². The fraction of sp³-hybridized carbons (Fsp3) is 0.200. The minimum absolute atomic E-state index is 0.146. The average molecular weight is 291 g/mol. The average Bonchev–Trinajstić information content (AvgIpc) is 2.17. The van der Waals surface area contributed by atoms with Crippen LogP contribution < -0.4 is 0 Å². The second-order valence-corrected chi connectivity index (χ2v) is 5.16. The van der Waals surface area contributed by atoms with Gasteiger partial charge in [0.1, 0.15) is 0 Å². The molecule has 0 amide bonds. The van der Waals surface area contributed by atoms with Gasteiger partial charge in [-0.05, 0) is 30.7 Å². The van der Waals surface area contributed by atoms with Crippen LogP contribution in [0.2, 0.25) is 0 Å². The van der Waals surface area contributed by atoms with E-state index in [9.17, 15) is 8.42 Å². The molecule has 0 bridgehead atoms. The van der Waals surface area contributed by atoms with E-state index < -0.39 is 10.1 Å². The summed E-state index contributed by atoms with van der Waals surface area (Å²) in [6.07, 6.45) is 1.50. The molecule has 0 saturated heterocycles. The van der Waals surface area contributed by atoms with Gasteiger partial charge in [-0.2, -0.15) is 8.42 Å². The van der Waals surface area contributed by atoms with E-state index in [1.54, 1.807) is 6.92 Å². The Labute approximate surface area is 98.0 Å². The van der Waals surface area contributed by atoms with E-state index in [0.29, 0.717) is 0 Å². The van der Waals surface area contributed by atoms with Gasteiger partial charge in [0.2, 0.25) is 0 Å². The summed E-state index contributed by atoms with van der Waals surface area (Å²) in [5, 5.41) is 1.06. The second-order valence-electron chi connectivity index (χ2n) is 2.75. The number of benzene rings is 1. The van der Waals surface area contributed by atoms with Crippen molar-refractivity contribution >= 4 is 32.1 Å². The molecule has 1 rings (SSSR count). The Bertz CT molecular complexity index is 434. The van der Waals surface area contributed by atoms with E-state index in [0.717, 1.165) is 15.4 Å². The highest BCUT2D eigenvalue weighted by atomic mass is 79.9. The first-order chi connectivity index (χ1) is 7.03. The first-order valence-electron chi connectivity index (χ1n) is 4.36. The smallest absolute Gasteiger partial charge is 0.267 e. The summed E-state index contributed by atoms with van der Waals surface area (Å²) in [6, 6.07) is 7.30. The van der Waals surface area contributed by atoms with Crippen LogP contribution in [-0.2, 0) is 14.3 Å². The molecule has 1 aromatic carbocycles. The highest BCUT2D eigenvalue weighted by Crippen LogP contribution is 2.12. The fourth-order valence-corrected chi connectivity index (χ4v) is 1.93. The van der Waals surface area contributed by atoms with Crippen LogP contribution in [0.15, 0.2) is 34.1 Å². The van der Waals surface area contributed by atoms with Crippen molar-refractivity contribution in [2.75, 3.05) is 6.61 Å². The molecular formula is C10H11BrO3S. The Morgan fingerprint density at radius 2 is 1.93 bits per heavy atom. The predicted molar refractivity (Wildman–Crippen MR) is 63.7 cm³/mol. The lowest BCUT2D eigenvalue weighted by Gasteiger charge is -1.96. The normalized spacial score (nSPS) is 12.1. The zero-order valence-electron chi connectivity index (χ0n) is 8.18. The number of rotatable bonds is 4. The molecule has 0 aliphatic heterocycles. The van der Waals surface area contributed by atoms with Gasteiger partial charge >= 0.3 is 0 Å². The maximum atomic E-state index is 11.2. The van der Waals surface area contributed by atoms with Crippen LogP contribution in [0.3, 0.4) is 0 Å². The van der Waals surface area contributed by atoms with E-state index in [-0.39, 0.29) is 6.61 Å². The van der Waals surface area contributed by atoms with Gasteiger partial charge in [-0.3, -0.25) is 4.18 Å². The molecule has 3 nitrogen and oxygen atoms in total.